The van der Waals surface area contributed by atoms with E-state index in [-0.39, 0.29) is 23.8 Å². The van der Waals surface area contributed by atoms with E-state index >= 15 is 0 Å². The monoisotopic (exact) mass is 387 g/mol. The van der Waals surface area contributed by atoms with Gasteiger partial charge in [0.15, 0.2) is 0 Å². The molecule has 2 aliphatic carbocycles. The number of hydrogen-bond acceptors (Lipinski definition) is 3. The fraction of sp³-hybridized carbons (Fsp3) is 0.708. The minimum atomic E-state index is -0.516. The highest BCUT2D eigenvalue weighted by molar-refractivity contribution is 5.75. The van der Waals surface area contributed by atoms with Gasteiger partial charge in [0, 0.05) is 32.9 Å². The van der Waals surface area contributed by atoms with Crippen LogP contribution in [0.4, 0.5) is 0 Å². The smallest absolute Gasteiger partial charge is 0.222 e. The van der Waals surface area contributed by atoms with Gasteiger partial charge in [-0.1, -0.05) is 30.7 Å². The van der Waals surface area contributed by atoms with Crippen LogP contribution in [0.15, 0.2) is 23.8 Å². The van der Waals surface area contributed by atoms with E-state index < -0.39 is 6.10 Å². The highest BCUT2D eigenvalue weighted by Crippen LogP contribution is 2.50. The lowest BCUT2D eigenvalue weighted by Crippen LogP contribution is -2.20. The molecule has 4 heteroatoms. The van der Waals surface area contributed by atoms with Crippen molar-refractivity contribution in [2.45, 2.75) is 71.0 Å². The summed E-state index contributed by atoms with van der Waals surface area (Å²) in [6.45, 7) is 3.82. The van der Waals surface area contributed by atoms with E-state index in [9.17, 15) is 15.0 Å². The van der Waals surface area contributed by atoms with Crippen LogP contribution < -0.4 is 0 Å². The Balaban J connectivity index is 1.86. The molecule has 28 heavy (non-hydrogen) atoms. The average Bonchev–Trinajstić information content (AvgIpc) is 3.17. The Morgan fingerprint density at radius 1 is 1.36 bits per heavy atom. The van der Waals surface area contributed by atoms with Crippen molar-refractivity contribution in [1.29, 1.82) is 0 Å². The fourth-order valence-corrected chi connectivity index (χ4v) is 4.54. The van der Waals surface area contributed by atoms with Crippen molar-refractivity contribution in [2.75, 3.05) is 14.1 Å². The van der Waals surface area contributed by atoms with Crippen LogP contribution in [0.25, 0.3) is 0 Å². The van der Waals surface area contributed by atoms with Gasteiger partial charge in [0.1, 0.15) is 0 Å². The number of nitrogens with zero attached hydrogens (tertiary/aromatic N) is 1. The summed E-state index contributed by atoms with van der Waals surface area (Å²) in [5.41, 5.74) is 1.48. The Hall–Kier alpha value is -1.57. The zero-order chi connectivity index (χ0) is 20.7. The maximum absolute atomic E-state index is 11.7. The molecule has 4 nitrogen and oxygen atoms in total. The van der Waals surface area contributed by atoms with Crippen molar-refractivity contribution < 1.29 is 15.0 Å². The number of allylic oxidation sites excluding steroid dienone is 2. The minimum Gasteiger partial charge on any atom is -0.392 e. The summed E-state index contributed by atoms with van der Waals surface area (Å²) >= 11 is 0. The molecule has 1 amide bonds. The SMILES string of the molecule is CC#CCC(C)[C@H](O)/C=C/[C@@H]1[C@H]2C/C(=C/CCCC(=O)N(C)C)C[C@H]2C[C@H]1O. The van der Waals surface area contributed by atoms with Crippen molar-refractivity contribution in [3.05, 3.63) is 23.8 Å². The van der Waals surface area contributed by atoms with Gasteiger partial charge in [-0.3, -0.25) is 4.79 Å². The Labute approximate surface area is 170 Å². The number of aliphatic hydroxyl groups is 2. The first-order valence-electron chi connectivity index (χ1n) is 10.7. The molecule has 0 heterocycles. The van der Waals surface area contributed by atoms with Gasteiger partial charge in [0.05, 0.1) is 12.2 Å². The van der Waals surface area contributed by atoms with E-state index in [0.29, 0.717) is 24.7 Å². The number of carbonyl (C=O) groups is 1. The van der Waals surface area contributed by atoms with Gasteiger partial charge in [0.2, 0.25) is 5.91 Å². The van der Waals surface area contributed by atoms with Crippen molar-refractivity contribution in [2.24, 2.45) is 23.7 Å². The maximum atomic E-state index is 11.7. The number of aliphatic hydroxyl groups excluding tert-OH is 2. The Morgan fingerprint density at radius 3 is 2.79 bits per heavy atom. The molecule has 1 unspecified atom stereocenters. The van der Waals surface area contributed by atoms with E-state index in [0.717, 1.165) is 32.1 Å². The predicted octanol–water partition coefficient (Wildman–Crippen LogP) is 3.54. The first kappa shape index (κ1) is 22.7. The van der Waals surface area contributed by atoms with Crippen LogP contribution in [0, 0.1) is 35.5 Å². The molecule has 2 N–H and O–H groups in total. The zero-order valence-corrected chi connectivity index (χ0v) is 17.9. The summed E-state index contributed by atoms with van der Waals surface area (Å²) in [6.07, 6.45) is 11.5. The van der Waals surface area contributed by atoms with E-state index in [1.807, 2.05) is 19.9 Å². The molecular weight excluding hydrogens is 350 g/mol. The Morgan fingerprint density at radius 2 is 2.11 bits per heavy atom. The molecule has 0 aromatic rings. The average molecular weight is 388 g/mol. The number of rotatable bonds is 8. The lowest BCUT2D eigenvalue weighted by Gasteiger charge is -2.19. The van der Waals surface area contributed by atoms with Crippen molar-refractivity contribution in [3.8, 4) is 11.8 Å². The standard InChI is InChI=1S/C24H37NO3/c1-5-6-9-17(2)22(26)13-12-20-21-15-18(14-19(21)16-23(20)27)10-7-8-11-24(28)25(3)4/h10,12-13,17,19-23,26-27H,7-9,11,14-16H2,1-4H3/b13-12+,18-10+/t17?,19-,20+,21-,22+,23+/m0/s1. The van der Waals surface area contributed by atoms with E-state index in [4.69, 9.17) is 0 Å². The molecular formula is C24H37NO3. The number of fused-ring (bicyclic) bond motifs is 1. The van der Waals surface area contributed by atoms with Gasteiger partial charge in [-0.2, -0.15) is 0 Å². The van der Waals surface area contributed by atoms with Crippen molar-refractivity contribution in [3.63, 3.8) is 0 Å². The van der Waals surface area contributed by atoms with Crippen LogP contribution in [-0.4, -0.2) is 47.3 Å². The largest absolute Gasteiger partial charge is 0.392 e. The summed E-state index contributed by atoms with van der Waals surface area (Å²) in [5.74, 6) is 7.32. The number of unbranched alkanes of at least 4 members (excludes halogenated alkanes) is 1. The molecule has 0 spiro atoms. The van der Waals surface area contributed by atoms with Gasteiger partial charge in [-0.25, -0.2) is 0 Å². The van der Waals surface area contributed by atoms with Crippen LogP contribution in [-0.2, 0) is 4.79 Å². The molecule has 0 aliphatic heterocycles. The molecule has 2 rings (SSSR count). The van der Waals surface area contributed by atoms with Crippen LogP contribution in [0.3, 0.4) is 0 Å². The van der Waals surface area contributed by atoms with Gasteiger partial charge in [-0.15, -0.1) is 11.8 Å². The van der Waals surface area contributed by atoms with E-state index in [1.165, 1.54) is 5.57 Å². The molecule has 0 bridgehead atoms. The van der Waals surface area contributed by atoms with Crippen LogP contribution in [0.1, 0.15) is 58.8 Å². The Bertz CT molecular complexity index is 640. The van der Waals surface area contributed by atoms with Crippen LogP contribution in [0.5, 0.6) is 0 Å². The van der Waals surface area contributed by atoms with Gasteiger partial charge < -0.3 is 15.1 Å². The molecule has 0 radical (unpaired) electrons. The highest BCUT2D eigenvalue weighted by atomic mass is 16.3. The van der Waals surface area contributed by atoms with Crippen molar-refractivity contribution >= 4 is 5.91 Å². The maximum Gasteiger partial charge on any atom is 0.222 e. The topological polar surface area (TPSA) is 60.8 Å². The van der Waals surface area contributed by atoms with E-state index in [2.05, 4.69) is 24.0 Å². The zero-order valence-electron chi connectivity index (χ0n) is 17.9. The number of carbonyl (C=O) groups excluding carboxylic acids is 1. The molecule has 156 valence electrons. The predicted molar refractivity (Wildman–Crippen MR) is 113 cm³/mol. The normalized spacial score (nSPS) is 30.1. The van der Waals surface area contributed by atoms with Gasteiger partial charge in [0.25, 0.3) is 0 Å². The van der Waals surface area contributed by atoms with Crippen LogP contribution >= 0.6 is 0 Å². The molecule has 0 aromatic carbocycles. The van der Waals surface area contributed by atoms with Gasteiger partial charge >= 0.3 is 0 Å². The summed E-state index contributed by atoms with van der Waals surface area (Å²) in [7, 11) is 3.60. The first-order valence-corrected chi connectivity index (χ1v) is 10.7. The summed E-state index contributed by atoms with van der Waals surface area (Å²) in [6, 6.07) is 0. The lowest BCUT2D eigenvalue weighted by atomic mass is 9.89. The fourth-order valence-electron chi connectivity index (χ4n) is 4.54. The molecule has 0 aromatic heterocycles. The summed E-state index contributed by atoms with van der Waals surface area (Å²) in [4.78, 5) is 13.3. The number of hydrogen-bond donors (Lipinski definition) is 2. The highest BCUT2D eigenvalue weighted by Gasteiger charge is 2.44. The second-order valence-electron chi connectivity index (χ2n) is 8.74. The van der Waals surface area contributed by atoms with E-state index in [1.54, 1.807) is 19.0 Å². The summed E-state index contributed by atoms with van der Waals surface area (Å²) in [5, 5.41) is 20.8. The third kappa shape index (κ3) is 6.22. The molecule has 0 saturated heterocycles. The third-order valence-electron chi connectivity index (χ3n) is 6.35. The lowest BCUT2D eigenvalue weighted by molar-refractivity contribution is -0.128. The van der Waals surface area contributed by atoms with Gasteiger partial charge in [-0.05, 0) is 56.8 Å². The first-order chi connectivity index (χ1) is 13.3. The van der Waals surface area contributed by atoms with Crippen molar-refractivity contribution in [1.82, 2.24) is 4.90 Å². The molecule has 2 saturated carbocycles. The van der Waals surface area contributed by atoms with Crippen LogP contribution in [0.2, 0.25) is 0 Å². The molecule has 2 fully saturated rings. The molecule has 6 atom stereocenters. The quantitative estimate of drug-likeness (QED) is 0.380. The minimum absolute atomic E-state index is 0.0990. The summed E-state index contributed by atoms with van der Waals surface area (Å²) < 4.78 is 0. The second kappa shape index (κ2) is 10.8. The Kier molecular flexibility index (Phi) is 8.79. The number of amides is 1. The third-order valence-corrected chi connectivity index (χ3v) is 6.35. The second-order valence-corrected chi connectivity index (χ2v) is 8.74. The molecule has 2 aliphatic rings.